The van der Waals surface area contributed by atoms with Gasteiger partial charge in [0, 0.05) is 6.42 Å². The maximum absolute atomic E-state index is 12.5. The Hall–Kier alpha value is -2.99. The molecule has 0 saturated heterocycles. The Labute approximate surface area is 153 Å². The van der Waals surface area contributed by atoms with E-state index in [2.05, 4.69) is 5.32 Å². The predicted octanol–water partition coefficient (Wildman–Crippen LogP) is -2.60. The number of hydrogen-bond acceptors (Lipinski definition) is 8. The molecule has 1 aliphatic heterocycles. The molecule has 1 aliphatic rings. The number of carboxylic acids is 2. The van der Waals surface area contributed by atoms with E-state index in [-0.39, 0.29) is 6.42 Å². The van der Waals surface area contributed by atoms with E-state index in [9.17, 15) is 34.2 Å². The lowest BCUT2D eigenvalue weighted by atomic mass is 9.86. The van der Waals surface area contributed by atoms with Crippen molar-refractivity contribution in [3.05, 3.63) is 11.3 Å². The van der Waals surface area contributed by atoms with Crippen molar-refractivity contribution < 1.29 is 44.4 Å². The lowest BCUT2D eigenvalue weighted by Gasteiger charge is -2.29. The highest BCUT2D eigenvalue weighted by Crippen LogP contribution is 2.25. The van der Waals surface area contributed by atoms with Gasteiger partial charge in [-0.3, -0.25) is 19.2 Å². The van der Waals surface area contributed by atoms with Gasteiger partial charge in [0.15, 0.2) is 11.3 Å². The van der Waals surface area contributed by atoms with Gasteiger partial charge < -0.3 is 36.8 Å². The minimum Gasteiger partial charge on any atom is -0.509 e. The van der Waals surface area contributed by atoms with Crippen LogP contribution in [0.3, 0.4) is 0 Å². The van der Waals surface area contributed by atoms with Gasteiger partial charge in [-0.1, -0.05) is 6.92 Å². The first-order chi connectivity index (χ1) is 12.5. The van der Waals surface area contributed by atoms with E-state index in [1.807, 2.05) is 5.32 Å². The molecule has 12 nitrogen and oxygen atoms in total. The Kier molecular flexibility index (Phi) is 7.02. The summed E-state index contributed by atoms with van der Waals surface area (Å²) >= 11 is 0. The van der Waals surface area contributed by atoms with Crippen LogP contribution >= 0.6 is 0 Å². The number of rotatable bonds is 10. The minimum atomic E-state index is -2.63. The second kappa shape index (κ2) is 8.60. The predicted molar refractivity (Wildman–Crippen MR) is 87.3 cm³/mol. The number of nitrogens with one attached hydrogen (secondary N) is 2. The Balaban J connectivity index is 3.27. The van der Waals surface area contributed by atoms with Gasteiger partial charge in [-0.25, -0.2) is 4.79 Å². The molecular weight excluding hydrogens is 366 g/mol. The number of aliphatic hydroxyl groups excluding tert-OH is 2. The van der Waals surface area contributed by atoms with Gasteiger partial charge in [0.25, 0.3) is 5.91 Å². The normalized spacial score (nSPS) is 19.8. The SMILES string of the molecule is CC[C@@H]1NC(=O)C(C(=O)CC(CC(=O)O)(NC(=O)[C@@H](N)CO)C(=O)O)=C1O. The van der Waals surface area contributed by atoms with Gasteiger partial charge in [0.2, 0.25) is 5.91 Å². The van der Waals surface area contributed by atoms with Crippen LogP contribution in [0.5, 0.6) is 0 Å². The monoisotopic (exact) mass is 387 g/mol. The summed E-state index contributed by atoms with van der Waals surface area (Å²) in [6, 6.07) is -2.38. The van der Waals surface area contributed by atoms with Crippen molar-refractivity contribution in [1.82, 2.24) is 10.6 Å². The molecule has 0 aromatic rings. The molecule has 0 aliphatic carbocycles. The largest absolute Gasteiger partial charge is 0.509 e. The van der Waals surface area contributed by atoms with Gasteiger partial charge >= 0.3 is 11.9 Å². The molecular formula is C15H21N3O9. The molecule has 0 saturated carbocycles. The summed E-state index contributed by atoms with van der Waals surface area (Å²) in [4.78, 5) is 59.1. The summed E-state index contributed by atoms with van der Waals surface area (Å²) in [6.07, 6.45) is -2.07. The molecule has 0 spiro atoms. The summed E-state index contributed by atoms with van der Waals surface area (Å²) in [5, 5.41) is 41.6. The highest BCUT2D eigenvalue weighted by atomic mass is 16.4. The zero-order valence-corrected chi connectivity index (χ0v) is 14.4. The van der Waals surface area contributed by atoms with Crippen molar-refractivity contribution in [2.75, 3.05) is 6.61 Å². The number of nitrogens with two attached hydrogens (primary N) is 1. The van der Waals surface area contributed by atoms with E-state index in [0.717, 1.165) is 0 Å². The molecule has 27 heavy (non-hydrogen) atoms. The first-order valence-electron chi connectivity index (χ1n) is 7.89. The van der Waals surface area contributed by atoms with Crippen LogP contribution < -0.4 is 16.4 Å². The number of ketones is 1. The van der Waals surface area contributed by atoms with Crippen LogP contribution in [0.1, 0.15) is 26.2 Å². The van der Waals surface area contributed by atoms with Gasteiger partial charge in [0.05, 0.1) is 19.1 Å². The number of hydrogen-bond donors (Lipinski definition) is 7. The first kappa shape index (κ1) is 22.1. The first-order valence-corrected chi connectivity index (χ1v) is 7.89. The topological polar surface area (TPSA) is 216 Å². The summed E-state index contributed by atoms with van der Waals surface area (Å²) in [5.41, 5.74) is 1.96. The summed E-state index contributed by atoms with van der Waals surface area (Å²) < 4.78 is 0. The molecule has 1 unspecified atom stereocenters. The smallest absolute Gasteiger partial charge is 0.330 e. The molecule has 2 amide bonds. The van der Waals surface area contributed by atoms with E-state index in [0.29, 0.717) is 0 Å². The quantitative estimate of drug-likeness (QED) is 0.194. The highest BCUT2D eigenvalue weighted by Gasteiger charge is 2.47. The second-order valence-electron chi connectivity index (χ2n) is 6.03. The van der Waals surface area contributed by atoms with Crippen LogP contribution in [0.4, 0.5) is 0 Å². The number of amides is 2. The van der Waals surface area contributed by atoms with Gasteiger partial charge in [-0.05, 0) is 6.42 Å². The molecule has 3 atom stereocenters. The number of carboxylic acid groups (broad SMARTS) is 2. The molecule has 1 rings (SSSR count). The third-order valence-corrected chi connectivity index (χ3v) is 4.03. The van der Waals surface area contributed by atoms with Crippen LogP contribution in [-0.4, -0.2) is 74.2 Å². The Bertz CT molecular complexity index is 703. The number of carbonyl (C=O) groups is 5. The molecule has 8 N–H and O–H groups in total. The fourth-order valence-electron chi connectivity index (χ4n) is 2.54. The molecule has 12 heteroatoms. The van der Waals surface area contributed by atoms with Crippen molar-refractivity contribution in [1.29, 1.82) is 0 Å². The van der Waals surface area contributed by atoms with E-state index in [4.69, 9.17) is 15.9 Å². The molecule has 0 aromatic heterocycles. The van der Waals surface area contributed by atoms with Crippen LogP contribution in [-0.2, 0) is 24.0 Å². The molecule has 1 heterocycles. The molecule has 0 aromatic carbocycles. The summed E-state index contributed by atoms with van der Waals surface area (Å²) in [6.45, 7) is 0.770. The maximum atomic E-state index is 12.5. The molecule has 0 bridgehead atoms. The molecule has 0 fully saturated rings. The van der Waals surface area contributed by atoms with Crippen LogP contribution in [0, 0.1) is 0 Å². The van der Waals surface area contributed by atoms with Gasteiger partial charge in [-0.2, -0.15) is 0 Å². The van der Waals surface area contributed by atoms with Crippen molar-refractivity contribution in [3.63, 3.8) is 0 Å². The van der Waals surface area contributed by atoms with Crippen molar-refractivity contribution in [2.45, 2.75) is 43.8 Å². The lowest BCUT2D eigenvalue weighted by molar-refractivity contribution is -0.154. The minimum absolute atomic E-state index is 0.260. The zero-order chi connectivity index (χ0) is 20.9. The highest BCUT2D eigenvalue weighted by molar-refractivity contribution is 6.22. The standard InChI is InChI=1S/C15H21N3O9/c1-2-7-11(23)10(13(25)17-7)8(20)3-15(14(26)27,4-9(21)22)18-12(24)6(16)5-19/h6-7,19,23H,2-5,16H2,1H3,(H,17,25)(H,18,24)(H,21,22)(H,26,27)/t6-,7-,15?/m0/s1. The zero-order valence-electron chi connectivity index (χ0n) is 14.4. The van der Waals surface area contributed by atoms with Crippen LogP contribution in [0.2, 0.25) is 0 Å². The van der Waals surface area contributed by atoms with Crippen molar-refractivity contribution >= 4 is 29.5 Å². The third kappa shape index (κ3) is 4.80. The van der Waals surface area contributed by atoms with E-state index in [1.54, 1.807) is 6.92 Å². The van der Waals surface area contributed by atoms with E-state index >= 15 is 0 Å². The van der Waals surface area contributed by atoms with Gasteiger partial charge in [0.1, 0.15) is 17.4 Å². The molecule has 0 radical (unpaired) electrons. The van der Waals surface area contributed by atoms with E-state index in [1.165, 1.54) is 0 Å². The second-order valence-corrected chi connectivity index (χ2v) is 6.03. The van der Waals surface area contributed by atoms with Gasteiger partial charge in [-0.15, -0.1) is 0 Å². The fraction of sp³-hybridized carbons (Fsp3) is 0.533. The van der Waals surface area contributed by atoms with E-state index < -0.39 is 77.9 Å². The number of aliphatic carboxylic acids is 2. The lowest BCUT2D eigenvalue weighted by Crippen LogP contribution is -2.60. The maximum Gasteiger partial charge on any atom is 0.330 e. The van der Waals surface area contributed by atoms with Crippen molar-refractivity contribution in [3.8, 4) is 0 Å². The summed E-state index contributed by atoms with van der Waals surface area (Å²) in [7, 11) is 0. The average Bonchev–Trinajstić information content (AvgIpc) is 2.86. The number of Topliss-reactive ketones (excluding diaryl/α,β-unsaturated/α-hetero) is 1. The number of carbonyl (C=O) groups excluding carboxylic acids is 3. The van der Waals surface area contributed by atoms with Crippen molar-refractivity contribution in [2.24, 2.45) is 5.73 Å². The summed E-state index contributed by atoms with van der Waals surface area (Å²) in [5.74, 6) is -7.39. The Morgan fingerprint density at radius 1 is 1.26 bits per heavy atom. The van der Waals surface area contributed by atoms with Crippen LogP contribution in [0.25, 0.3) is 0 Å². The average molecular weight is 387 g/mol. The molecule has 150 valence electrons. The fourth-order valence-corrected chi connectivity index (χ4v) is 2.54. The number of aliphatic hydroxyl groups is 2. The third-order valence-electron chi connectivity index (χ3n) is 4.03. The van der Waals surface area contributed by atoms with Crippen LogP contribution in [0.15, 0.2) is 11.3 Å². The Morgan fingerprint density at radius 2 is 1.85 bits per heavy atom. The Morgan fingerprint density at radius 3 is 2.26 bits per heavy atom.